The molecule has 1 heterocycles. The molecule has 1 N–H and O–H groups in total. The molecule has 1 aliphatic rings. The largest absolute Gasteiger partial charge is 0.496 e. The average Bonchev–Trinajstić information content (AvgIpc) is 2.81. The molecule has 6 nitrogen and oxygen atoms in total. The summed E-state index contributed by atoms with van der Waals surface area (Å²) in [5.41, 5.74) is 1.62. The van der Waals surface area contributed by atoms with Gasteiger partial charge in [0.05, 0.1) is 30.3 Å². The van der Waals surface area contributed by atoms with Gasteiger partial charge in [-0.15, -0.1) is 0 Å². The third kappa shape index (κ3) is 2.62. The van der Waals surface area contributed by atoms with Crippen molar-refractivity contribution in [2.75, 3.05) is 19.5 Å². The number of benzene rings is 2. The topological polar surface area (TPSA) is 75.7 Å². The number of para-hydroxylation sites is 1. The van der Waals surface area contributed by atoms with Crippen molar-refractivity contribution in [2.24, 2.45) is 0 Å². The second-order valence-electron chi connectivity index (χ2n) is 5.43. The first-order chi connectivity index (χ1) is 11.5. The third-order valence-corrected chi connectivity index (χ3v) is 3.94. The number of ether oxygens (including phenoxy) is 1. The Hall–Kier alpha value is -3.15. The summed E-state index contributed by atoms with van der Waals surface area (Å²) < 4.78 is 5.23. The number of carbonyl (C=O) groups is 3. The first-order valence-corrected chi connectivity index (χ1v) is 7.40. The van der Waals surface area contributed by atoms with E-state index in [1.165, 1.54) is 7.05 Å². The van der Waals surface area contributed by atoms with Gasteiger partial charge in [0, 0.05) is 12.6 Å². The summed E-state index contributed by atoms with van der Waals surface area (Å²) in [5.74, 6) is -0.446. The Balaban J connectivity index is 1.84. The van der Waals surface area contributed by atoms with Crippen LogP contribution in [0.2, 0.25) is 0 Å². The number of amides is 3. The molecular formula is C18H16N2O4. The van der Waals surface area contributed by atoms with Gasteiger partial charge in [-0.25, -0.2) is 0 Å². The lowest BCUT2D eigenvalue weighted by Crippen LogP contribution is -2.24. The molecular weight excluding hydrogens is 308 g/mol. The van der Waals surface area contributed by atoms with E-state index in [0.717, 1.165) is 10.5 Å². The van der Waals surface area contributed by atoms with Crippen molar-refractivity contribution in [1.29, 1.82) is 0 Å². The van der Waals surface area contributed by atoms with Crippen LogP contribution in [0, 0.1) is 0 Å². The lowest BCUT2D eigenvalue weighted by molar-refractivity contribution is -0.115. The number of nitrogens with one attached hydrogen (secondary N) is 1. The van der Waals surface area contributed by atoms with E-state index in [2.05, 4.69) is 5.32 Å². The van der Waals surface area contributed by atoms with Crippen LogP contribution >= 0.6 is 0 Å². The summed E-state index contributed by atoms with van der Waals surface area (Å²) in [4.78, 5) is 37.6. The van der Waals surface area contributed by atoms with Crippen LogP contribution in [0.4, 0.5) is 5.69 Å². The van der Waals surface area contributed by atoms with Gasteiger partial charge in [0.25, 0.3) is 11.8 Å². The van der Waals surface area contributed by atoms with Crippen molar-refractivity contribution in [3.8, 4) is 5.75 Å². The van der Waals surface area contributed by atoms with Crippen LogP contribution in [0.15, 0.2) is 42.5 Å². The highest BCUT2D eigenvalue weighted by atomic mass is 16.5. The summed E-state index contributed by atoms with van der Waals surface area (Å²) in [6.45, 7) is 0. The molecule has 0 aromatic heterocycles. The molecule has 0 radical (unpaired) electrons. The number of hydrogen-bond donors (Lipinski definition) is 1. The zero-order valence-corrected chi connectivity index (χ0v) is 13.3. The van der Waals surface area contributed by atoms with E-state index in [1.54, 1.807) is 37.4 Å². The Labute approximate surface area is 139 Å². The second-order valence-corrected chi connectivity index (χ2v) is 5.43. The zero-order chi connectivity index (χ0) is 17.3. The van der Waals surface area contributed by atoms with E-state index >= 15 is 0 Å². The summed E-state index contributed by atoms with van der Waals surface area (Å²) in [7, 11) is 2.96. The summed E-state index contributed by atoms with van der Waals surface area (Å²) in [6, 6.07) is 12.1. The van der Waals surface area contributed by atoms with Gasteiger partial charge in [-0.1, -0.05) is 24.3 Å². The molecule has 0 atom stereocenters. The number of methoxy groups -OCH3 is 1. The highest BCUT2D eigenvalue weighted by molar-refractivity contribution is 6.24. The van der Waals surface area contributed by atoms with E-state index in [9.17, 15) is 14.4 Å². The van der Waals surface area contributed by atoms with Crippen LogP contribution in [0.25, 0.3) is 0 Å². The van der Waals surface area contributed by atoms with Crippen molar-refractivity contribution < 1.29 is 19.1 Å². The predicted molar refractivity (Wildman–Crippen MR) is 88.2 cm³/mol. The minimum absolute atomic E-state index is 0.103. The number of rotatable bonds is 4. The SMILES string of the molecule is COc1ccccc1CC(=O)Nc1cccc2c1C(=O)N(C)C2=O. The molecule has 0 saturated carbocycles. The molecule has 6 heteroatoms. The number of nitrogens with zero attached hydrogens (tertiary/aromatic N) is 1. The standard InChI is InChI=1S/C18H16N2O4/c1-20-17(22)12-7-5-8-13(16(12)18(20)23)19-15(21)10-11-6-3-4-9-14(11)24-2/h3-9H,10H2,1-2H3,(H,19,21). The van der Waals surface area contributed by atoms with Gasteiger partial charge in [-0.3, -0.25) is 19.3 Å². The molecule has 0 unspecified atom stereocenters. The van der Waals surface area contributed by atoms with E-state index in [4.69, 9.17) is 4.74 Å². The molecule has 3 amide bonds. The Morgan fingerprint density at radius 2 is 1.83 bits per heavy atom. The van der Waals surface area contributed by atoms with Gasteiger partial charge in [0.1, 0.15) is 5.75 Å². The predicted octanol–water partition coefficient (Wildman–Crippen LogP) is 2.10. The van der Waals surface area contributed by atoms with Gasteiger partial charge in [0.15, 0.2) is 0 Å². The zero-order valence-electron chi connectivity index (χ0n) is 13.3. The lowest BCUT2D eigenvalue weighted by Gasteiger charge is -2.11. The van der Waals surface area contributed by atoms with Crippen molar-refractivity contribution in [2.45, 2.75) is 6.42 Å². The molecule has 2 aromatic rings. The number of imide groups is 1. The van der Waals surface area contributed by atoms with Crippen molar-refractivity contribution in [3.05, 3.63) is 59.2 Å². The molecule has 1 aliphatic heterocycles. The molecule has 2 aromatic carbocycles. The number of hydrogen-bond acceptors (Lipinski definition) is 4. The van der Waals surface area contributed by atoms with Crippen LogP contribution in [-0.4, -0.2) is 36.8 Å². The minimum Gasteiger partial charge on any atom is -0.496 e. The molecule has 0 aliphatic carbocycles. The van der Waals surface area contributed by atoms with Crippen molar-refractivity contribution >= 4 is 23.4 Å². The van der Waals surface area contributed by atoms with Crippen LogP contribution in [0.5, 0.6) is 5.75 Å². The average molecular weight is 324 g/mol. The highest BCUT2D eigenvalue weighted by Crippen LogP contribution is 2.28. The quantitative estimate of drug-likeness (QED) is 0.874. The van der Waals surface area contributed by atoms with E-state index < -0.39 is 5.91 Å². The second kappa shape index (κ2) is 6.16. The van der Waals surface area contributed by atoms with Gasteiger partial charge in [-0.05, 0) is 18.2 Å². The van der Waals surface area contributed by atoms with Gasteiger partial charge >= 0.3 is 0 Å². The lowest BCUT2D eigenvalue weighted by atomic mass is 10.1. The molecule has 3 rings (SSSR count). The van der Waals surface area contributed by atoms with Crippen LogP contribution < -0.4 is 10.1 Å². The first kappa shape index (κ1) is 15.7. The fraction of sp³-hybridized carbons (Fsp3) is 0.167. The number of carbonyl (C=O) groups excluding carboxylic acids is 3. The van der Waals surface area contributed by atoms with Crippen LogP contribution in [-0.2, 0) is 11.2 Å². The fourth-order valence-electron chi connectivity index (χ4n) is 2.72. The monoisotopic (exact) mass is 324 g/mol. The molecule has 0 bridgehead atoms. The Kier molecular flexibility index (Phi) is 4.04. The third-order valence-electron chi connectivity index (χ3n) is 3.94. The summed E-state index contributed by atoms with van der Waals surface area (Å²) >= 11 is 0. The number of fused-ring (bicyclic) bond motifs is 1. The number of anilines is 1. The Bertz CT molecular complexity index is 845. The molecule has 0 saturated heterocycles. The Morgan fingerprint density at radius 3 is 2.58 bits per heavy atom. The van der Waals surface area contributed by atoms with E-state index in [0.29, 0.717) is 17.0 Å². The smallest absolute Gasteiger partial charge is 0.263 e. The molecule has 24 heavy (non-hydrogen) atoms. The van der Waals surface area contributed by atoms with Crippen molar-refractivity contribution in [3.63, 3.8) is 0 Å². The van der Waals surface area contributed by atoms with Crippen molar-refractivity contribution in [1.82, 2.24) is 4.90 Å². The summed E-state index contributed by atoms with van der Waals surface area (Å²) in [5, 5.41) is 2.72. The molecule has 122 valence electrons. The normalized spacial score (nSPS) is 13.0. The maximum Gasteiger partial charge on any atom is 0.263 e. The minimum atomic E-state index is -0.414. The Morgan fingerprint density at radius 1 is 1.08 bits per heavy atom. The van der Waals surface area contributed by atoms with Crippen LogP contribution in [0.3, 0.4) is 0 Å². The highest BCUT2D eigenvalue weighted by Gasteiger charge is 2.35. The van der Waals surface area contributed by atoms with Gasteiger partial charge in [-0.2, -0.15) is 0 Å². The van der Waals surface area contributed by atoms with Crippen LogP contribution in [0.1, 0.15) is 26.3 Å². The maximum absolute atomic E-state index is 12.3. The van der Waals surface area contributed by atoms with Gasteiger partial charge < -0.3 is 10.1 Å². The fourth-order valence-corrected chi connectivity index (χ4v) is 2.72. The van der Waals surface area contributed by atoms with Gasteiger partial charge in [0.2, 0.25) is 5.91 Å². The van der Waals surface area contributed by atoms with E-state index in [-0.39, 0.29) is 23.8 Å². The maximum atomic E-state index is 12.3. The first-order valence-electron chi connectivity index (χ1n) is 7.40. The molecule has 0 fully saturated rings. The van der Waals surface area contributed by atoms with E-state index in [1.807, 2.05) is 12.1 Å². The molecule has 0 spiro atoms. The summed E-state index contributed by atoms with van der Waals surface area (Å²) in [6.07, 6.45) is 0.103.